The van der Waals surface area contributed by atoms with Crippen LogP contribution in [0, 0.1) is 5.41 Å². The summed E-state index contributed by atoms with van der Waals surface area (Å²) in [5, 5.41) is 22.8. The van der Waals surface area contributed by atoms with Gasteiger partial charge in [-0.15, -0.1) is 0 Å². The smallest absolute Gasteiger partial charge is 0.249 e. The third kappa shape index (κ3) is 6.42. The second kappa shape index (κ2) is 10.2. The summed E-state index contributed by atoms with van der Waals surface area (Å²) in [4.78, 5) is 43.5. The van der Waals surface area contributed by atoms with E-state index in [4.69, 9.17) is 0 Å². The van der Waals surface area contributed by atoms with Crippen molar-refractivity contribution in [3.63, 3.8) is 0 Å². The molecule has 3 amide bonds. The predicted octanol–water partition coefficient (Wildman–Crippen LogP) is 3.38. The van der Waals surface area contributed by atoms with Gasteiger partial charge in [0.1, 0.15) is 6.10 Å². The number of piperidine rings is 2. The van der Waals surface area contributed by atoms with Crippen LogP contribution in [0.1, 0.15) is 114 Å². The molecule has 0 saturated carbocycles. The monoisotopic (exact) mass is 509 g/mol. The molecular weight excluding hydrogens is 458 g/mol. The fraction of sp³-hybridized carbons (Fsp3) is 0.893. The third-order valence-electron chi connectivity index (χ3n) is 8.28. The average Bonchev–Trinajstić information content (AvgIpc) is 2.68. The van der Waals surface area contributed by atoms with Crippen LogP contribution in [0.5, 0.6) is 0 Å². The van der Waals surface area contributed by atoms with Crippen LogP contribution in [-0.4, -0.2) is 78.6 Å². The first-order valence-electron chi connectivity index (χ1n) is 13.4. The largest absolute Gasteiger partial charge is 0.396 e. The molecule has 2 aliphatic rings. The Bertz CT molecular complexity index is 812. The summed E-state index contributed by atoms with van der Waals surface area (Å²) in [7, 11) is 0. The summed E-state index contributed by atoms with van der Waals surface area (Å²) in [5.74, 6) is -0.545. The molecule has 0 spiro atoms. The number of nitrogens with one attached hydrogen (secondary N) is 1. The Morgan fingerprint density at radius 3 is 1.61 bits per heavy atom. The van der Waals surface area contributed by atoms with Crippen LogP contribution in [0.2, 0.25) is 0 Å². The lowest BCUT2D eigenvalue weighted by atomic mass is 9.76. The Morgan fingerprint density at radius 1 is 0.833 bits per heavy atom. The van der Waals surface area contributed by atoms with E-state index >= 15 is 0 Å². The Kier molecular flexibility index (Phi) is 8.69. The molecule has 1 atom stereocenters. The summed E-state index contributed by atoms with van der Waals surface area (Å²) >= 11 is 0. The van der Waals surface area contributed by atoms with Gasteiger partial charge in [0.05, 0.1) is 6.61 Å². The van der Waals surface area contributed by atoms with Crippen molar-refractivity contribution in [2.75, 3.05) is 6.61 Å². The molecule has 0 aromatic heterocycles. The van der Waals surface area contributed by atoms with Crippen LogP contribution in [-0.2, 0) is 14.4 Å². The van der Waals surface area contributed by atoms with Crippen molar-refractivity contribution in [3.8, 4) is 0 Å². The molecule has 2 aliphatic heterocycles. The number of likely N-dealkylation sites (tertiary alicyclic amines) is 2. The Morgan fingerprint density at radius 2 is 1.22 bits per heavy atom. The summed E-state index contributed by atoms with van der Waals surface area (Å²) in [6, 6.07) is -0.229. The number of hydrogen-bond donors (Lipinski definition) is 3. The highest BCUT2D eigenvalue weighted by atomic mass is 16.3. The molecule has 2 fully saturated rings. The second-order valence-corrected chi connectivity index (χ2v) is 14.2. The Labute approximate surface area is 218 Å². The number of amides is 3. The van der Waals surface area contributed by atoms with Gasteiger partial charge in [-0.25, -0.2) is 0 Å². The predicted molar refractivity (Wildman–Crippen MR) is 141 cm³/mol. The van der Waals surface area contributed by atoms with Gasteiger partial charge < -0.3 is 25.3 Å². The van der Waals surface area contributed by atoms with Gasteiger partial charge in [0.25, 0.3) is 0 Å². The van der Waals surface area contributed by atoms with Crippen LogP contribution >= 0.6 is 0 Å². The summed E-state index contributed by atoms with van der Waals surface area (Å²) < 4.78 is 0. The zero-order valence-corrected chi connectivity index (χ0v) is 24.3. The average molecular weight is 510 g/mol. The van der Waals surface area contributed by atoms with Crippen molar-refractivity contribution in [1.82, 2.24) is 15.1 Å². The number of aliphatic hydroxyl groups is 2. The molecule has 3 N–H and O–H groups in total. The maximum atomic E-state index is 13.5. The maximum absolute atomic E-state index is 13.5. The summed E-state index contributed by atoms with van der Waals surface area (Å²) in [6.45, 7) is 19.3. The lowest BCUT2D eigenvalue weighted by molar-refractivity contribution is -0.157. The number of carbonyl (C=O) groups is 3. The topological polar surface area (TPSA) is 110 Å². The molecule has 2 saturated heterocycles. The van der Waals surface area contributed by atoms with Gasteiger partial charge in [-0.2, -0.15) is 0 Å². The maximum Gasteiger partial charge on any atom is 0.249 e. The van der Waals surface area contributed by atoms with Crippen molar-refractivity contribution in [1.29, 1.82) is 0 Å². The molecule has 0 aromatic rings. The van der Waals surface area contributed by atoms with Crippen LogP contribution in [0.4, 0.5) is 0 Å². The molecule has 0 bridgehead atoms. The highest BCUT2D eigenvalue weighted by Gasteiger charge is 2.49. The van der Waals surface area contributed by atoms with E-state index in [9.17, 15) is 24.6 Å². The minimum Gasteiger partial charge on any atom is -0.396 e. The SMILES string of the molecule is CC(C)(CO)C(O)C(=O)NC1CC(C)(C)N(C(=O)CCC(=O)N2C(C)(C)CCCC2(C)C)C(C)(C)C1. The number of rotatable bonds is 7. The molecule has 0 aromatic carbocycles. The minimum absolute atomic E-state index is 0.0243. The van der Waals surface area contributed by atoms with Gasteiger partial charge in [0.2, 0.25) is 17.7 Å². The van der Waals surface area contributed by atoms with Crippen molar-refractivity contribution in [2.45, 2.75) is 148 Å². The second-order valence-electron chi connectivity index (χ2n) is 14.2. The van der Waals surface area contributed by atoms with E-state index in [2.05, 4.69) is 33.0 Å². The first kappa shape index (κ1) is 30.6. The molecule has 2 rings (SSSR count). The van der Waals surface area contributed by atoms with Gasteiger partial charge in [0.15, 0.2) is 0 Å². The minimum atomic E-state index is -1.33. The standard InChI is InChI=1S/C28H51N3O5/c1-24(2,18-32)22(35)23(36)29-19-16-27(7,8)31(28(9,10)17-19)21(34)13-12-20(33)30-25(3,4)14-11-15-26(30,5)6/h19,22,32,35H,11-18H2,1-10H3,(H,29,36). The molecule has 208 valence electrons. The van der Waals surface area contributed by atoms with Gasteiger partial charge in [-0.1, -0.05) is 13.8 Å². The van der Waals surface area contributed by atoms with Gasteiger partial charge >= 0.3 is 0 Å². The van der Waals surface area contributed by atoms with Crippen molar-refractivity contribution in [2.24, 2.45) is 5.41 Å². The van der Waals surface area contributed by atoms with Crippen LogP contribution in [0.15, 0.2) is 0 Å². The molecule has 8 nitrogen and oxygen atoms in total. The lowest BCUT2D eigenvalue weighted by Gasteiger charge is -2.56. The van der Waals surface area contributed by atoms with E-state index in [1.54, 1.807) is 13.8 Å². The fourth-order valence-corrected chi connectivity index (χ4v) is 6.89. The fourth-order valence-electron chi connectivity index (χ4n) is 6.89. The molecule has 0 aliphatic carbocycles. The highest BCUT2D eigenvalue weighted by Crippen LogP contribution is 2.41. The summed E-state index contributed by atoms with van der Waals surface area (Å²) in [5.41, 5.74) is -2.52. The van der Waals surface area contributed by atoms with E-state index in [0.717, 1.165) is 19.3 Å². The Hall–Kier alpha value is -1.67. The van der Waals surface area contributed by atoms with E-state index < -0.39 is 28.5 Å². The number of aliphatic hydroxyl groups excluding tert-OH is 2. The van der Waals surface area contributed by atoms with Crippen LogP contribution < -0.4 is 5.32 Å². The zero-order chi connectivity index (χ0) is 27.9. The van der Waals surface area contributed by atoms with Crippen molar-refractivity contribution in [3.05, 3.63) is 0 Å². The third-order valence-corrected chi connectivity index (χ3v) is 8.28. The van der Waals surface area contributed by atoms with E-state index in [-0.39, 0.29) is 48.4 Å². The highest BCUT2D eigenvalue weighted by molar-refractivity contribution is 5.86. The molecule has 2 heterocycles. The lowest BCUT2D eigenvalue weighted by Crippen LogP contribution is -2.66. The molecule has 0 radical (unpaired) electrons. The molecule has 1 unspecified atom stereocenters. The Balaban J connectivity index is 2.10. The van der Waals surface area contributed by atoms with Gasteiger partial charge in [-0.05, 0) is 87.5 Å². The van der Waals surface area contributed by atoms with Crippen molar-refractivity contribution < 1.29 is 24.6 Å². The molecule has 8 heteroatoms. The van der Waals surface area contributed by atoms with Crippen molar-refractivity contribution >= 4 is 17.7 Å². The number of hydrogen-bond acceptors (Lipinski definition) is 5. The summed E-state index contributed by atoms with van der Waals surface area (Å²) in [6.07, 6.45) is 3.05. The van der Waals surface area contributed by atoms with E-state index in [0.29, 0.717) is 12.8 Å². The normalized spacial score (nSPS) is 24.2. The van der Waals surface area contributed by atoms with E-state index in [1.807, 2.05) is 37.5 Å². The molecular formula is C28H51N3O5. The van der Waals surface area contributed by atoms with E-state index in [1.165, 1.54) is 0 Å². The van der Waals surface area contributed by atoms with Gasteiger partial charge in [-0.3, -0.25) is 14.4 Å². The van der Waals surface area contributed by atoms with Crippen LogP contribution in [0.25, 0.3) is 0 Å². The quantitative estimate of drug-likeness (QED) is 0.487. The first-order chi connectivity index (χ1) is 16.2. The molecule has 36 heavy (non-hydrogen) atoms. The van der Waals surface area contributed by atoms with Gasteiger partial charge in [0, 0.05) is 46.5 Å². The zero-order valence-electron chi connectivity index (χ0n) is 24.3. The van der Waals surface area contributed by atoms with Crippen LogP contribution in [0.3, 0.4) is 0 Å². The first-order valence-corrected chi connectivity index (χ1v) is 13.4. The number of carbonyl (C=O) groups excluding carboxylic acids is 3. The number of nitrogens with zero attached hydrogens (tertiary/aromatic N) is 2.